The molecule has 40 heavy (non-hydrogen) atoms. The molecule has 0 aliphatic carbocycles. The number of aliphatic hydroxyl groups is 1. The molecule has 0 bridgehead atoms. The molecule has 0 radical (unpaired) electrons. The first-order valence-corrected chi connectivity index (χ1v) is 13.3. The van der Waals surface area contributed by atoms with Crippen molar-refractivity contribution in [3.8, 4) is 33.9 Å². The lowest BCUT2D eigenvalue weighted by Gasteiger charge is -2.12. The number of methoxy groups -OCH3 is 1. The Kier molecular flexibility index (Phi) is 8.14. The topological polar surface area (TPSA) is 97.8 Å². The van der Waals surface area contributed by atoms with E-state index in [1.807, 2.05) is 47.8 Å². The number of hydrogen-bond donors (Lipinski definition) is 2. The molecule has 0 aliphatic heterocycles. The van der Waals surface area contributed by atoms with Gasteiger partial charge in [-0.1, -0.05) is 42.5 Å². The number of aliphatic hydroxyl groups excluding tert-OH is 1. The number of fused-ring (bicyclic) bond motifs is 1. The number of halogens is 1. The first kappa shape index (κ1) is 27.0. The standard InChI is InChI=1S/C31H25FN2O5S/c1-38-29-16-20(10-11-28(29)39-13-12-35)31(37)33-17-27(36)26-15-21(19-6-3-2-4-7-19)14-25(34-26)23-18-40-30-22(23)8-5-9-24(30)32/h2-11,14-16,18,35H,12-13,17H2,1H3,(H,33,37). The van der Waals surface area contributed by atoms with E-state index in [4.69, 9.17) is 14.6 Å². The first-order valence-electron chi connectivity index (χ1n) is 12.4. The van der Waals surface area contributed by atoms with Gasteiger partial charge in [0.15, 0.2) is 17.3 Å². The number of nitrogens with one attached hydrogen (secondary N) is 1. The second kappa shape index (κ2) is 12.1. The van der Waals surface area contributed by atoms with Crippen LogP contribution in [0.4, 0.5) is 4.39 Å². The highest BCUT2D eigenvalue weighted by Crippen LogP contribution is 2.36. The van der Waals surface area contributed by atoms with Gasteiger partial charge in [-0.2, -0.15) is 0 Å². The molecular formula is C31H25FN2O5S. The van der Waals surface area contributed by atoms with Gasteiger partial charge in [-0.15, -0.1) is 11.3 Å². The average Bonchev–Trinajstić information content (AvgIpc) is 3.44. The maximum absolute atomic E-state index is 14.4. The van der Waals surface area contributed by atoms with E-state index in [0.29, 0.717) is 21.9 Å². The number of hydrogen-bond acceptors (Lipinski definition) is 7. The summed E-state index contributed by atoms with van der Waals surface area (Å²) in [4.78, 5) is 30.8. The number of benzene rings is 3. The highest BCUT2D eigenvalue weighted by Gasteiger charge is 2.18. The molecule has 9 heteroatoms. The number of ether oxygens (including phenoxy) is 2. The van der Waals surface area contributed by atoms with Crippen LogP contribution < -0.4 is 14.8 Å². The number of pyridine rings is 1. The van der Waals surface area contributed by atoms with Crippen molar-refractivity contribution in [2.24, 2.45) is 0 Å². The Bertz CT molecular complexity index is 1690. The molecule has 0 unspecified atom stereocenters. The molecular weight excluding hydrogens is 531 g/mol. The lowest BCUT2D eigenvalue weighted by molar-refractivity contribution is 0.0902. The Balaban J connectivity index is 1.42. The quantitative estimate of drug-likeness (QED) is 0.212. The predicted octanol–water partition coefficient (Wildman–Crippen LogP) is 5.76. The maximum atomic E-state index is 14.4. The molecule has 0 fully saturated rings. The van der Waals surface area contributed by atoms with Crippen molar-refractivity contribution in [3.63, 3.8) is 0 Å². The molecule has 202 valence electrons. The summed E-state index contributed by atoms with van der Waals surface area (Å²) in [7, 11) is 1.44. The third-order valence-corrected chi connectivity index (χ3v) is 7.23. The van der Waals surface area contributed by atoms with E-state index in [1.54, 1.807) is 24.3 Å². The van der Waals surface area contributed by atoms with Crippen molar-refractivity contribution in [1.29, 1.82) is 0 Å². The normalized spacial score (nSPS) is 10.9. The Morgan fingerprint density at radius 2 is 1.80 bits per heavy atom. The molecule has 0 aliphatic rings. The van der Waals surface area contributed by atoms with Crippen LogP contribution in [0.2, 0.25) is 0 Å². The average molecular weight is 557 g/mol. The lowest BCUT2D eigenvalue weighted by atomic mass is 10.0. The molecule has 0 spiro atoms. The van der Waals surface area contributed by atoms with Crippen LogP contribution in [0, 0.1) is 5.82 Å². The molecule has 2 N–H and O–H groups in total. The fourth-order valence-electron chi connectivity index (χ4n) is 4.27. The zero-order valence-corrected chi connectivity index (χ0v) is 22.3. The van der Waals surface area contributed by atoms with Crippen LogP contribution in [0.1, 0.15) is 20.8 Å². The predicted molar refractivity (Wildman–Crippen MR) is 153 cm³/mol. The minimum atomic E-state index is -0.473. The fraction of sp³-hybridized carbons (Fsp3) is 0.129. The largest absolute Gasteiger partial charge is 0.493 e. The van der Waals surface area contributed by atoms with Gasteiger partial charge in [0.2, 0.25) is 0 Å². The summed E-state index contributed by atoms with van der Waals surface area (Å²) in [5.41, 5.74) is 3.39. The number of aromatic nitrogens is 1. The smallest absolute Gasteiger partial charge is 0.251 e. The van der Waals surface area contributed by atoms with Gasteiger partial charge in [0.1, 0.15) is 18.1 Å². The Morgan fingerprint density at radius 1 is 0.975 bits per heavy atom. The molecule has 3 aromatic carbocycles. The number of rotatable bonds is 10. The molecule has 5 rings (SSSR count). The summed E-state index contributed by atoms with van der Waals surface area (Å²) in [5, 5.41) is 14.2. The number of amides is 1. The maximum Gasteiger partial charge on any atom is 0.251 e. The first-order chi connectivity index (χ1) is 19.5. The summed E-state index contributed by atoms with van der Waals surface area (Å²) < 4.78 is 25.6. The summed E-state index contributed by atoms with van der Waals surface area (Å²) >= 11 is 1.28. The van der Waals surface area contributed by atoms with E-state index in [0.717, 1.165) is 22.1 Å². The van der Waals surface area contributed by atoms with E-state index in [-0.39, 0.29) is 42.6 Å². The third kappa shape index (κ3) is 5.70. The van der Waals surface area contributed by atoms with Crippen LogP contribution in [0.3, 0.4) is 0 Å². The van der Waals surface area contributed by atoms with E-state index < -0.39 is 5.91 Å². The van der Waals surface area contributed by atoms with Crippen LogP contribution >= 0.6 is 11.3 Å². The number of Topliss-reactive ketones (excluding diaryl/α,β-unsaturated/α-hetero) is 1. The molecule has 0 atom stereocenters. The highest BCUT2D eigenvalue weighted by atomic mass is 32.1. The van der Waals surface area contributed by atoms with Crippen molar-refractivity contribution < 1.29 is 28.6 Å². The molecule has 0 saturated carbocycles. The summed E-state index contributed by atoms with van der Waals surface area (Å²) in [6, 6.07) is 22.7. The van der Waals surface area contributed by atoms with E-state index >= 15 is 0 Å². The van der Waals surface area contributed by atoms with Gasteiger partial charge in [-0.05, 0) is 47.5 Å². The van der Waals surface area contributed by atoms with Crippen LogP contribution in [0.15, 0.2) is 84.2 Å². The summed E-state index contributed by atoms with van der Waals surface area (Å²) in [5.74, 6) is -0.447. The van der Waals surface area contributed by atoms with Crippen molar-refractivity contribution in [2.45, 2.75) is 0 Å². The zero-order chi connectivity index (χ0) is 28.1. The van der Waals surface area contributed by atoms with Gasteiger partial charge in [0.05, 0.1) is 30.7 Å². The molecule has 0 saturated heterocycles. The molecule has 7 nitrogen and oxygen atoms in total. The number of thiophene rings is 1. The van der Waals surface area contributed by atoms with Crippen LogP contribution in [0.5, 0.6) is 11.5 Å². The number of ketones is 1. The SMILES string of the molecule is COc1cc(C(=O)NCC(=O)c2cc(-c3ccccc3)cc(-c3csc4c(F)cccc34)n2)ccc1OCCO. The van der Waals surface area contributed by atoms with Crippen LogP contribution in [-0.4, -0.2) is 48.6 Å². The highest BCUT2D eigenvalue weighted by molar-refractivity contribution is 7.17. The Labute approximate surface area is 233 Å². The second-order valence-corrected chi connectivity index (χ2v) is 9.68. The Hall–Kier alpha value is -4.60. The zero-order valence-electron chi connectivity index (χ0n) is 21.5. The molecule has 1 amide bonds. The van der Waals surface area contributed by atoms with Gasteiger partial charge >= 0.3 is 0 Å². The van der Waals surface area contributed by atoms with Crippen LogP contribution in [0.25, 0.3) is 32.5 Å². The molecule has 2 heterocycles. The van der Waals surface area contributed by atoms with Gasteiger partial charge in [0, 0.05) is 21.9 Å². The van der Waals surface area contributed by atoms with Gasteiger partial charge in [-0.25, -0.2) is 9.37 Å². The minimum Gasteiger partial charge on any atom is -0.493 e. The lowest BCUT2D eigenvalue weighted by Crippen LogP contribution is -2.30. The number of nitrogens with zero attached hydrogens (tertiary/aromatic N) is 1. The third-order valence-electron chi connectivity index (χ3n) is 6.23. The van der Waals surface area contributed by atoms with Gasteiger partial charge in [-0.3, -0.25) is 9.59 Å². The van der Waals surface area contributed by atoms with Crippen molar-refractivity contribution in [3.05, 3.63) is 101 Å². The fourth-order valence-corrected chi connectivity index (χ4v) is 5.23. The van der Waals surface area contributed by atoms with E-state index in [2.05, 4.69) is 10.3 Å². The van der Waals surface area contributed by atoms with Crippen LogP contribution in [-0.2, 0) is 0 Å². The minimum absolute atomic E-state index is 0.0869. The molecule has 2 aromatic heterocycles. The monoisotopic (exact) mass is 556 g/mol. The number of carbonyl (C=O) groups is 2. The molecule has 5 aromatic rings. The van der Waals surface area contributed by atoms with E-state index in [1.165, 1.54) is 30.6 Å². The van der Waals surface area contributed by atoms with Gasteiger partial charge < -0.3 is 19.9 Å². The van der Waals surface area contributed by atoms with Crippen molar-refractivity contribution >= 4 is 33.1 Å². The van der Waals surface area contributed by atoms with Gasteiger partial charge in [0.25, 0.3) is 5.91 Å². The Morgan fingerprint density at radius 3 is 2.58 bits per heavy atom. The van der Waals surface area contributed by atoms with Crippen molar-refractivity contribution in [1.82, 2.24) is 10.3 Å². The van der Waals surface area contributed by atoms with E-state index in [9.17, 15) is 14.0 Å². The summed E-state index contributed by atoms with van der Waals surface area (Å²) in [6.07, 6.45) is 0. The van der Waals surface area contributed by atoms with Crippen molar-refractivity contribution in [2.75, 3.05) is 26.9 Å². The summed E-state index contributed by atoms with van der Waals surface area (Å²) in [6.45, 7) is -0.356. The number of carbonyl (C=O) groups excluding carboxylic acids is 2. The second-order valence-electron chi connectivity index (χ2n) is 8.80.